The standard InChI is InChI=1S/C11H9N3O2S2/c1-17-11-14-13-10(18-11)12-8-6-4-2-3-5-7(6)9(15)16-8/h2-5,8H,1H3,(H,12,13). The summed E-state index contributed by atoms with van der Waals surface area (Å²) in [6.45, 7) is 0. The number of anilines is 1. The van der Waals surface area contributed by atoms with Crippen LogP contribution in [0, 0.1) is 0 Å². The van der Waals surface area contributed by atoms with Gasteiger partial charge in [0, 0.05) is 5.56 Å². The molecule has 0 fully saturated rings. The molecule has 1 aromatic carbocycles. The number of aromatic nitrogens is 2. The lowest BCUT2D eigenvalue weighted by Crippen LogP contribution is -2.09. The lowest BCUT2D eigenvalue weighted by Gasteiger charge is -2.10. The molecule has 18 heavy (non-hydrogen) atoms. The van der Waals surface area contributed by atoms with Crippen molar-refractivity contribution in [2.24, 2.45) is 0 Å². The van der Waals surface area contributed by atoms with Crippen LogP contribution < -0.4 is 5.32 Å². The minimum absolute atomic E-state index is 0.308. The molecule has 1 aromatic heterocycles. The summed E-state index contributed by atoms with van der Waals surface area (Å²) in [5.41, 5.74) is 1.44. The molecule has 0 spiro atoms. The number of cyclic esters (lactones) is 1. The van der Waals surface area contributed by atoms with Gasteiger partial charge in [-0.15, -0.1) is 10.2 Å². The first kappa shape index (κ1) is 11.5. The number of hydrogen-bond donors (Lipinski definition) is 1. The van der Waals surface area contributed by atoms with Crippen LogP contribution in [0.25, 0.3) is 0 Å². The van der Waals surface area contributed by atoms with Crippen molar-refractivity contribution in [1.29, 1.82) is 0 Å². The highest BCUT2D eigenvalue weighted by molar-refractivity contribution is 8.00. The van der Waals surface area contributed by atoms with E-state index in [1.165, 1.54) is 23.1 Å². The van der Waals surface area contributed by atoms with E-state index < -0.39 is 6.23 Å². The fourth-order valence-corrected chi connectivity index (χ4v) is 2.90. The highest BCUT2D eigenvalue weighted by Gasteiger charge is 2.31. The van der Waals surface area contributed by atoms with Gasteiger partial charge >= 0.3 is 5.97 Å². The van der Waals surface area contributed by atoms with E-state index in [1.54, 1.807) is 6.07 Å². The van der Waals surface area contributed by atoms with Crippen molar-refractivity contribution in [2.75, 3.05) is 11.6 Å². The van der Waals surface area contributed by atoms with Crippen LogP contribution in [0.2, 0.25) is 0 Å². The second-order valence-corrected chi connectivity index (χ2v) is 5.63. The van der Waals surface area contributed by atoms with Gasteiger partial charge in [-0.3, -0.25) is 0 Å². The van der Waals surface area contributed by atoms with E-state index in [9.17, 15) is 4.79 Å². The molecule has 92 valence electrons. The molecule has 1 atom stereocenters. The van der Waals surface area contributed by atoms with Crippen LogP contribution in [-0.2, 0) is 4.74 Å². The van der Waals surface area contributed by atoms with Crippen molar-refractivity contribution >= 4 is 34.2 Å². The molecule has 0 aliphatic carbocycles. The van der Waals surface area contributed by atoms with Crippen LogP contribution in [-0.4, -0.2) is 22.4 Å². The Morgan fingerprint density at radius 2 is 2.22 bits per heavy atom. The Labute approximate surface area is 112 Å². The number of esters is 1. The van der Waals surface area contributed by atoms with Crippen LogP contribution in [0.4, 0.5) is 5.13 Å². The molecule has 0 saturated heterocycles. The van der Waals surface area contributed by atoms with Gasteiger partial charge in [-0.1, -0.05) is 41.3 Å². The van der Waals surface area contributed by atoms with E-state index in [-0.39, 0.29) is 5.97 Å². The van der Waals surface area contributed by atoms with Gasteiger partial charge in [-0.05, 0) is 12.3 Å². The first-order chi connectivity index (χ1) is 8.78. The zero-order valence-corrected chi connectivity index (χ0v) is 11.0. The highest BCUT2D eigenvalue weighted by Crippen LogP contribution is 2.33. The molecular weight excluding hydrogens is 270 g/mol. The normalized spacial score (nSPS) is 17.4. The van der Waals surface area contributed by atoms with Crippen molar-refractivity contribution < 1.29 is 9.53 Å². The SMILES string of the molecule is CSc1nnc(NC2OC(=O)c3ccccc32)s1. The largest absolute Gasteiger partial charge is 0.434 e. The third-order valence-corrected chi connectivity index (χ3v) is 4.35. The number of ether oxygens (including phenoxy) is 1. The lowest BCUT2D eigenvalue weighted by molar-refractivity contribution is 0.0437. The second kappa shape index (κ2) is 4.58. The van der Waals surface area contributed by atoms with E-state index in [0.717, 1.165) is 9.90 Å². The summed E-state index contributed by atoms with van der Waals surface area (Å²) in [7, 11) is 0. The lowest BCUT2D eigenvalue weighted by atomic mass is 10.1. The molecule has 0 radical (unpaired) electrons. The summed E-state index contributed by atoms with van der Waals surface area (Å²) in [6.07, 6.45) is 1.46. The summed E-state index contributed by atoms with van der Waals surface area (Å²) in [5, 5.41) is 11.7. The van der Waals surface area contributed by atoms with Crippen molar-refractivity contribution in [1.82, 2.24) is 10.2 Å². The zero-order valence-electron chi connectivity index (χ0n) is 9.41. The average Bonchev–Trinajstić information content (AvgIpc) is 2.97. The minimum Gasteiger partial charge on any atom is -0.434 e. The Kier molecular flexibility index (Phi) is 2.92. The number of rotatable bonds is 3. The van der Waals surface area contributed by atoms with Gasteiger partial charge in [0.1, 0.15) is 0 Å². The van der Waals surface area contributed by atoms with Gasteiger partial charge in [0.25, 0.3) is 0 Å². The van der Waals surface area contributed by atoms with E-state index in [2.05, 4.69) is 15.5 Å². The number of hydrogen-bond acceptors (Lipinski definition) is 7. The van der Waals surface area contributed by atoms with Crippen LogP contribution in [0.3, 0.4) is 0 Å². The number of carbonyl (C=O) groups is 1. The zero-order chi connectivity index (χ0) is 12.5. The predicted molar refractivity (Wildman–Crippen MR) is 69.9 cm³/mol. The van der Waals surface area contributed by atoms with Gasteiger partial charge in [-0.2, -0.15) is 0 Å². The number of nitrogens with zero attached hydrogens (tertiary/aromatic N) is 2. The summed E-state index contributed by atoms with van der Waals surface area (Å²) in [6, 6.07) is 7.32. The maximum absolute atomic E-state index is 11.6. The molecule has 2 heterocycles. The first-order valence-corrected chi connectivity index (χ1v) is 7.26. The summed E-state index contributed by atoms with van der Waals surface area (Å²) in [4.78, 5) is 11.6. The molecule has 0 saturated carbocycles. The third-order valence-electron chi connectivity index (χ3n) is 2.52. The van der Waals surface area contributed by atoms with Crippen molar-refractivity contribution in [3.05, 3.63) is 35.4 Å². The van der Waals surface area contributed by atoms with Crippen molar-refractivity contribution in [2.45, 2.75) is 10.6 Å². The van der Waals surface area contributed by atoms with E-state index >= 15 is 0 Å². The maximum Gasteiger partial charge on any atom is 0.340 e. The van der Waals surface area contributed by atoms with Crippen LogP contribution in [0.15, 0.2) is 28.6 Å². The third kappa shape index (κ3) is 1.95. The highest BCUT2D eigenvalue weighted by atomic mass is 32.2. The van der Waals surface area contributed by atoms with Crippen LogP contribution >= 0.6 is 23.1 Å². The molecule has 1 unspecified atom stereocenters. The second-order valence-electron chi connectivity index (χ2n) is 3.59. The van der Waals surface area contributed by atoms with Crippen LogP contribution in [0.5, 0.6) is 0 Å². The number of nitrogens with one attached hydrogen (secondary N) is 1. The maximum atomic E-state index is 11.6. The Hall–Kier alpha value is -1.60. The summed E-state index contributed by atoms with van der Waals surface area (Å²) in [5.74, 6) is -0.308. The van der Waals surface area contributed by atoms with Gasteiger partial charge in [0.2, 0.25) is 11.4 Å². The summed E-state index contributed by atoms with van der Waals surface area (Å²) >= 11 is 2.96. The fraction of sp³-hybridized carbons (Fsp3) is 0.182. The van der Waals surface area contributed by atoms with Crippen molar-refractivity contribution in [3.63, 3.8) is 0 Å². The Morgan fingerprint density at radius 3 is 3.00 bits per heavy atom. The van der Waals surface area contributed by atoms with Gasteiger partial charge in [0.15, 0.2) is 4.34 Å². The van der Waals surface area contributed by atoms with Gasteiger partial charge in [0.05, 0.1) is 5.56 Å². The minimum atomic E-state index is -0.476. The molecule has 3 rings (SSSR count). The molecule has 5 nitrogen and oxygen atoms in total. The topological polar surface area (TPSA) is 64.1 Å². The number of fused-ring (bicyclic) bond motifs is 1. The molecular formula is C11H9N3O2S2. The molecule has 1 aliphatic rings. The quantitative estimate of drug-likeness (QED) is 0.688. The van der Waals surface area contributed by atoms with Crippen molar-refractivity contribution in [3.8, 4) is 0 Å². The Morgan fingerprint density at radius 1 is 1.39 bits per heavy atom. The number of carbonyl (C=O) groups excluding carboxylic acids is 1. The Balaban J connectivity index is 1.85. The van der Waals surface area contributed by atoms with E-state index in [1.807, 2.05) is 24.5 Å². The smallest absolute Gasteiger partial charge is 0.340 e. The summed E-state index contributed by atoms with van der Waals surface area (Å²) < 4.78 is 6.13. The molecule has 2 aromatic rings. The van der Waals surface area contributed by atoms with E-state index in [4.69, 9.17) is 4.74 Å². The number of benzene rings is 1. The molecule has 7 heteroatoms. The average molecular weight is 279 g/mol. The predicted octanol–water partition coefficient (Wildman–Crippen LogP) is 2.54. The van der Waals surface area contributed by atoms with Crippen LogP contribution in [0.1, 0.15) is 22.1 Å². The molecule has 0 amide bonds. The van der Waals surface area contributed by atoms with E-state index in [0.29, 0.717) is 10.7 Å². The Bertz CT molecular complexity index is 599. The molecule has 1 aliphatic heterocycles. The first-order valence-electron chi connectivity index (χ1n) is 5.22. The molecule has 1 N–H and O–H groups in total. The van der Waals surface area contributed by atoms with Gasteiger partial charge < -0.3 is 10.1 Å². The monoisotopic (exact) mass is 279 g/mol. The van der Waals surface area contributed by atoms with Gasteiger partial charge in [-0.25, -0.2) is 4.79 Å². The number of thioether (sulfide) groups is 1. The molecule has 0 bridgehead atoms. The fourth-order valence-electron chi connectivity index (χ4n) is 1.72.